The van der Waals surface area contributed by atoms with Crippen molar-refractivity contribution in [1.29, 1.82) is 0 Å². The molecule has 9 nitrogen and oxygen atoms in total. The highest BCUT2D eigenvalue weighted by atomic mass is 32.2. The van der Waals surface area contributed by atoms with Crippen molar-refractivity contribution in [2.45, 2.75) is 57.1 Å². The SMILES string of the molecule is CCCCC(=O)N(CCNC(=O)[C@@H](CS)Cc1ccccc1)Cc1ccc(-c2ccccc2S(=O)(=O)NC(=O)[C@H](C)O)cc1. The molecule has 11 heteroatoms. The molecule has 0 heterocycles. The standard InChI is InChI=1S/C33H41N3O6S2/c1-3-4-14-31(38)36(20-19-34-33(40)28(23-43)21-25-10-6-5-7-11-25)22-26-15-17-27(18-16-26)29-12-8-9-13-30(29)44(41,42)35-32(39)24(2)37/h5-13,15-18,24,28,37,43H,3-4,14,19-23H2,1-2H3,(H,34,40)(H,35,39)/t24-,28+/m0/s1. The molecule has 0 unspecified atom stereocenters. The van der Waals surface area contributed by atoms with Gasteiger partial charge >= 0.3 is 0 Å². The first kappa shape index (κ1) is 34.8. The highest BCUT2D eigenvalue weighted by Gasteiger charge is 2.24. The van der Waals surface area contributed by atoms with Crippen molar-refractivity contribution in [3.8, 4) is 11.1 Å². The Morgan fingerprint density at radius 3 is 2.20 bits per heavy atom. The molecular weight excluding hydrogens is 599 g/mol. The van der Waals surface area contributed by atoms with Gasteiger partial charge in [-0.3, -0.25) is 14.4 Å². The molecule has 0 aliphatic carbocycles. The number of benzene rings is 3. The second-order valence-corrected chi connectivity index (χ2v) is 12.6. The fourth-order valence-corrected chi connectivity index (χ4v) is 6.17. The average molecular weight is 640 g/mol. The summed E-state index contributed by atoms with van der Waals surface area (Å²) in [4.78, 5) is 39.5. The third-order valence-electron chi connectivity index (χ3n) is 7.12. The van der Waals surface area contributed by atoms with Gasteiger partial charge in [-0.1, -0.05) is 86.1 Å². The van der Waals surface area contributed by atoms with E-state index in [1.807, 2.05) is 54.1 Å². The molecule has 0 radical (unpaired) electrons. The summed E-state index contributed by atoms with van der Waals surface area (Å²) in [6.07, 6.45) is 1.15. The quantitative estimate of drug-likeness (QED) is 0.176. The summed E-state index contributed by atoms with van der Waals surface area (Å²) < 4.78 is 27.7. The molecule has 3 aromatic rings. The van der Waals surface area contributed by atoms with E-state index in [-0.39, 0.29) is 22.6 Å². The summed E-state index contributed by atoms with van der Waals surface area (Å²) in [7, 11) is -4.23. The van der Waals surface area contributed by atoms with Gasteiger partial charge in [-0.15, -0.1) is 0 Å². The van der Waals surface area contributed by atoms with Crippen LogP contribution in [0, 0.1) is 5.92 Å². The number of aliphatic hydroxyl groups excluding tert-OH is 1. The van der Waals surface area contributed by atoms with E-state index in [0.717, 1.165) is 24.0 Å². The van der Waals surface area contributed by atoms with Crippen LogP contribution in [0.25, 0.3) is 11.1 Å². The molecule has 0 aromatic heterocycles. The van der Waals surface area contributed by atoms with E-state index in [9.17, 15) is 27.9 Å². The summed E-state index contributed by atoms with van der Waals surface area (Å²) in [5, 5.41) is 12.4. The minimum absolute atomic E-state index is 0.00880. The van der Waals surface area contributed by atoms with Gasteiger partial charge in [-0.2, -0.15) is 12.6 Å². The van der Waals surface area contributed by atoms with Crippen molar-refractivity contribution in [2.24, 2.45) is 5.92 Å². The van der Waals surface area contributed by atoms with Gasteiger partial charge < -0.3 is 15.3 Å². The maximum absolute atomic E-state index is 13.1. The van der Waals surface area contributed by atoms with E-state index in [1.54, 1.807) is 35.2 Å². The Balaban J connectivity index is 1.71. The summed E-state index contributed by atoms with van der Waals surface area (Å²) in [5.41, 5.74) is 2.89. The van der Waals surface area contributed by atoms with Gasteiger partial charge in [-0.25, -0.2) is 13.1 Å². The van der Waals surface area contributed by atoms with E-state index in [1.165, 1.54) is 13.0 Å². The van der Waals surface area contributed by atoms with Gasteiger partial charge in [0.05, 0.1) is 10.8 Å². The van der Waals surface area contributed by atoms with Crippen molar-refractivity contribution < 1.29 is 27.9 Å². The number of thiol groups is 1. The lowest BCUT2D eigenvalue weighted by Crippen LogP contribution is -2.40. The molecule has 0 bridgehead atoms. The molecule has 3 amide bonds. The van der Waals surface area contributed by atoms with Gasteiger partial charge in [0.25, 0.3) is 15.9 Å². The lowest BCUT2D eigenvalue weighted by molar-refractivity contribution is -0.132. The number of amides is 3. The van der Waals surface area contributed by atoms with E-state index >= 15 is 0 Å². The average Bonchev–Trinajstić information content (AvgIpc) is 3.02. The zero-order valence-corrected chi connectivity index (χ0v) is 26.8. The van der Waals surface area contributed by atoms with Gasteiger partial charge in [-0.05, 0) is 42.5 Å². The molecular formula is C33H41N3O6S2. The molecule has 0 aliphatic rings. The third kappa shape index (κ3) is 10.2. The smallest absolute Gasteiger partial charge is 0.264 e. The lowest BCUT2D eigenvalue weighted by Gasteiger charge is -2.24. The molecule has 3 rings (SSSR count). The Kier molecular flexibility index (Phi) is 13.4. The maximum Gasteiger partial charge on any atom is 0.264 e. The molecule has 3 N–H and O–H groups in total. The largest absolute Gasteiger partial charge is 0.384 e. The first-order chi connectivity index (χ1) is 21.1. The number of hydrogen-bond acceptors (Lipinski definition) is 7. The Labute approximate surface area is 265 Å². The fraction of sp³-hybridized carbons (Fsp3) is 0.364. The monoisotopic (exact) mass is 639 g/mol. The van der Waals surface area contributed by atoms with E-state index in [0.29, 0.717) is 49.4 Å². The van der Waals surface area contributed by atoms with E-state index in [4.69, 9.17) is 0 Å². The molecule has 44 heavy (non-hydrogen) atoms. The van der Waals surface area contributed by atoms with Crippen molar-refractivity contribution in [1.82, 2.24) is 14.9 Å². The van der Waals surface area contributed by atoms with Crippen LogP contribution in [0.5, 0.6) is 0 Å². The number of hydrogen-bond donors (Lipinski definition) is 4. The van der Waals surface area contributed by atoms with E-state index < -0.39 is 22.0 Å². The number of unbranched alkanes of at least 4 members (excludes halogenated alkanes) is 1. The number of aliphatic hydroxyl groups is 1. The number of rotatable bonds is 16. The van der Waals surface area contributed by atoms with Crippen LogP contribution >= 0.6 is 12.6 Å². The molecule has 236 valence electrons. The molecule has 0 spiro atoms. The number of nitrogens with zero attached hydrogens (tertiary/aromatic N) is 1. The van der Waals surface area contributed by atoms with Crippen molar-refractivity contribution in [3.63, 3.8) is 0 Å². The van der Waals surface area contributed by atoms with Crippen LogP contribution in [-0.4, -0.2) is 61.1 Å². The third-order valence-corrected chi connectivity index (χ3v) is 8.97. The van der Waals surface area contributed by atoms with Crippen LogP contribution in [0.1, 0.15) is 44.2 Å². The van der Waals surface area contributed by atoms with Crippen molar-refractivity contribution in [2.75, 3.05) is 18.8 Å². The molecule has 3 aromatic carbocycles. The summed E-state index contributed by atoms with van der Waals surface area (Å²) in [6, 6.07) is 23.2. The molecule has 2 atom stereocenters. The van der Waals surface area contributed by atoms with Gasteiger partial charge in [0.2, 0.25) is 11.8 Å². The van der Waals surface area contributed by atoms with Gasteiger partial charge in [0.15, 0.2) is 0 Å². The van der Waals surface area contributed by atoms with Crippen LogP contribution in [0.4, 0.5) is 0 Å². The Morgan fingerprint density at radius 1 is 0.909 bits per heavy atom. The summed E-state index contributed by atoms with van der Waals surface area (Å²) >= 11 is 4.38. The maximum atomic E-state index is 13.1. The summed E-state index contributed by atoms with van der Waals surface area (Å²) in [5.74, 6) is -1.01. The summed E-state index contributed by atoms with van der Waals surface area (Å²) in [6.45, 7) is 4.17. The topological polar surface area (TPSA) is 133 Å². The zero-order chi connectivity index (χ0) is 32.1. The molecule has 0 saturated heterocycles. The number of carbonyl (C=O) groups is 3. The van der Waals surface area contributed by atoms with Crippen LogP contribution in [0.3, 0.4) is 0 Å². The Hall–Kier alpha value is -3.67. The molecule has 0 fully saturated rings. The minimum atomic E-state index is -4.23. The predicted molar refractivity (Wildman–Crippen MR) is 174 cm³/mol. The van der Waals surface area contributed by atoms with Crippen LogP contribution in [0.15, 0.2) is 83.8 Å². The van der Waals surface area contributed by atoms with Gasteiger partial charge in [0, 0.05) is 37.4 Å². The molecule has 0 aliphatic heterocycles. The zero-order valence-electron chi connectivity index (χ0n) is 25.1. The second kappa shape index (κ2) is 17.0. The number of carbonyl (C=O) groups excluding carboxylic acids is 3. The first-order valence-electron chi connectivity index (χ1n) is 14.7. The Morgan fingerprint density at radius 2 is 1.57 bits per heavy atom. The van der Waals surface area contributed by atoms with Crippen molar-refractivity contribution in [3.05, 3.63) is 90.0 Å². The molecule has 0 saturated carbocycles. The van der Waals surface area contributed by atoms with Gasteiger partial charge in [0.1, 0.15) is 6.10 Å². The first-order valence-corrected chi connectivity index (χ1v) is 16.8. The van der Waals surface area contributed by atoms with Crippen LogP contribution in [-0.2, 0) is 37.4 Å². The number of sulfonamides is 1. The van der Waals surface area contributed by atoms with Crippen LogP contribution in [0.2, 0.25) is 0 Å². The minimum Gasteiger partial charge on any atom is -0.384 e. The van der Waals surface area contributed by atoms with E-state index in [2.05, 4.69) is 17.9 Å². The lowest BCUT2D eigenvalue weighted by atomic mass is 10.0. The van der Waals surface area contributed by atoms with Crippen LogP contribution < -0.4 is 10.0 Å². The Bertz CT molecular complexity index is 1500. The fourth-order valence-electron chi connectivity index (χ4n) is 4.60. The van der Waals surface area contributed by atoms with Crippen molar-refractivity contribution >= 4 is 40.4 Å². The second-order valence-electron chi connectivity index (χ2n) is 10.6. The highest BCUT2D eigenvalue weighted by molar-refractivity contribution is 7.90. The predicted octanol–water partition coefficient (Wildman–Crippen LogP) is 3.96. The number of nitrogens with one attached hydrogen (secondary N) is 2. The highest BCUT2D eigenvalue weighted by Crippen LogP contribution is 2.28. The normalized spacial score (nSPS) is 12.6.